The minimum atomic E-state index is -4.09. The maximum absolute atomic E-state index is 13.4. The molecule has 11 nitrogen and oxygen atoms in total. The van der Waals surface area contributed by atoms with Gasteiger partial charge in [0.05, 0.1) is 22.5 Å². The van der Waals surface area contributed by atoms with Gasteiger partial charge in [-0.1, -0.05) is 54.1 Å². The highest BCUT2D eigenvalue weighted by atomic mass is 32.2. The van der Waals surface area contributed by atoms with Crippen molar-refractivity contribution in [1.29, 1.82) is 0 Å². The summed E-state index contributed by atoms with van der Waals surface area (Å²) in [5, 5.41) is 15.3. The number of aromatic nitrogens is 2. The lowest BCUT2D eigenvalue weighted by molar-refractivity contribution is -0.141. The Kier molecular flexibility index (Phi) is 7.64. The Morgan fingerprint density at radius 1 is 0.929 bits per heavy atom. The monoisotopic (exact) mass is 586 g/mol. The summed E-state index contributed by atoms with van der Waals surface area (Å²) in [7, 11) is -4.09. The van der Waals surface area contributed by atoms with Crippen molar-refractivity contribution in [2.45, 2.75) is 24.3 Å². The molecule has 3 aromatic carbocycles. The third-order valence-corrected chi connectivity index (χ3v) is 8.54. The van der Waals surface area contributed by atoms with E-state index in [0.717, 1.165) is 26.6 Å². The Bertz CT molecular complexity index is 1960. The maximum Gasteiger partial charge on any atom is 0.326 e. The molecule has 0 spiro atoms. The number of H-pyrrole nitrogens is 1. The second-order valence-corrected chi connectivity index (χ2v) is 11.5. The molecule has 5 rings (SSSR count). The summed E-state index contributed by atoms with van der Waals surface area (Å²) in [5.41, 5.74) is 2.42. The van der Waals surface area contributed by atoms with Crippen LogP contribution in [0.2, 0.25) is 0 Å². The molecule has 0 aliphatic heterocycles. The van der Waals surface area contributed by atoms with E-state index in [1.54, 1.807) is 30.5 Å². The van der Waals surface area contributed by atoms with Crippen LogP contribution in [0.3, 0.4) is 0 Å². The number of aryl methyl sites for hydroxylation is 1. The number of para-hydroxylation sites is 2. The number of rotatable bonds is 10. The number of amides is 2. The summed E-state index contributed by atoms with van der Waals surface area (Å²) in [6, 6.07) is 18.5. The number of hydrogen-bond acceptors (Lipinski definition) is 6. The Balaban J connectivity index is 1.30. The molecule has 0 radical (unpaired) electrons. The highest BCUT2D eigenvalue weighted by Crippen LogP contribution is 2.27. The second-order valence-electron chi connectivity index (χ2n) is 9.71. The van der Waals surface area contributed by atoms with Crippen LogP contribution in [-0.4, -0.2) is 58.6 Å². The summed E-state index contributed by atoms with van der Waals surface area (Å²) < 4.78 is 27.7. The Morgan fingerprint density at radius 2 is 1.60 bits per heavy atom. The molecular formula is C30H26N4O7S. The number of carbonyl (C=O) groups excluding carboxylic acids is 3. The maximum atomic E-state index is 13.4. The zero-order chi connectivity index (χ0) is 30.0. The van der Waals surface area contributed by atoms with Gasteiger partial charge in [0, 0.05) is 35.1 Å². The molecule has 2 aromatic heterocycles. The van der Waals surface area contributed by atoms with Crippen molar-refractivity contribution in [2.24, 2.45) is 0 Å². The Morgan fingerprint density at radius 3 is 2.31 bits per heavy atom. The van der Waals surface area contributed by atoms with Crippen molar-refractivity contribution in [3.63, 3.8) is 0 Å². The van der Waals surface area contributed by atoms with Gasteiger partial charge >= 0.3 is 5.97 Å². The average Bonchev–Trinajstić information content (AvgIpc) is 3.57. The zero-order valence-electron chi connectivity index (χ0n) is 22.3. The van der Waals surface area contributed by atoms with Crippen LogP contribution >= 0.6 is 0 Å². The molecule has 5 aromatic rings. The van der Waals surface area contributed by atoms with E-state index in [1.165, 1.54) is 24.3 Å². The number of hydrogen-bond donors (Lipinski definition) is 4. The molecule has 0 saturated carbocycles. The van der Waals surface area contributed by atoms with Crippen molar-refractivity contribution >= 4 is 55.4 Å². The smallest absolute Gasteiger partial charge is 0.326 e. The van der Waals surface area contributed by atoms with Gasteiger partial charge in [-0.2, -0.15) is 0 Å². The van der Waals surface area contributed by atoms with Crippen LogP contribution in [0.5, 0.6) is 0 Å². The normalized spacial score (nSPS) is 12.2. The molecule has 0 saturated heterocycles. The lowest BCUT2D eigenvalue weighted by atomic mass is 10.0. The lowest BCUT2D eigenvalue weighted by Gasteiger charge is -2.14. The van der Waals surface area contributed by atoms with E-state index in [4.69, 9.17) is 0 Å². The third-order valence-electron chi connectivity index (χ3n) is 6.85. The fraction of sp³-hybridized carbons (Fsp3) is 0.133. The van der Waals surface area contributed by atoms with Crippen molar-refractivity contribution in [2.75, 3.05) is 6.54 Å². The van der Waals surface area contributed by atoms with Crippen LogP contribution in [0.1, 0.15) is 21.5 Å². The number of ketones is 1. The number of nitrogens with one attached hydrogen (secondary N) is 3. The Labute approximate surface area is 240 Å². The van der Waals surface area contributed by atoms with Gasteiger partial charge in [0.15, 0.2) is 0 Å². The van der Waals surface area contributed by atoms with E-state index in [1.807, 2.05) is 31.2 Å². The quantitative estimate of drug-likeness (QED) is 0.144. The number of fused-ring (bicyclic) bond motifs is 2. The van der Waals surface area contributed by atoms with Crippen molar-refractivity contribution in [1.82, 2.24) is 19.6 Å². The van der Waals surface area contributed by atoms with E-state index in [-0.39, 0.29) is 27.8 Å². The number of nitrogens with zero attached hydrogens (tertiary/aromatic N) is 1. The highest BCUT2D eigenvalue weighted by Gasteiger charge is 2.27. The van der Waals surface area contributed by atoms with E-state index in [2.05, 4.69) is 15.6 Å². The van der Waals surface area contributed by atoms with Gasteiger partial charge in [0.25, 0.3) is 21.7 Å². The predicted molar refractivity (Wildman–Crippen MR) is 155 cm³/mol. The first kappa shape index (κ1) is 28.3. The third kappa shape index (κ3) is 5.52. The van der Waals surface area contributed by atoms with Gasteiger partial charge in [-0.25, -0.2) is 17.2 Å². The standard InChI is InChI=1S/C30H26N4O7S/c1-18-10-12-20(13-11-18)42(40,41)34-17-23(22-7-3-5-9-26(22)34)28(36)29(37)32-16-27(35)33-25(30(38)39)14-19-15-31-24-8-4-2-6-21(19)24/h2-13,15,17,25,31H,14,16H2,1H3,(H,32,37)(H,33,35)(H,38,39)/t25-/m0/s1. The SMILES string of the molecule is Cc1ccc(S(=O)(=O)n2cc(C(=O)C(=O)NCC(=O)N[C@@H](Cc3c[nH]c4ccccc34)C(=O)O)c3ccccc32)cc1. The minimum absolute atomic E-state index is 0.00702. The second kappa shape index (κ2) is 11.3. The van der Waals surface area contributed by atoms with Gasteiger partial charge in [0.1, 0.15) is 6.04 Å². The van der Waals surface area contributed by atoms with E-state index in [0.29, 0.717) is 5.56 Å². The predicted octanol–water partition coefficient (Wildman–Crippen LogP) is 2.78. The largest absolute Gasteiger partial charge is 0.480 e. The van der Waals surface area contributed by atoms with Crippen LogP contribution in [0.15, 0.2) is 90.1 Å². The molecule has 0 aliphatic carbocycles. The summed E-state index contributed by atoms with van der Waals surface area (Å²) in [4.78, 5) is 53.3. The summed E-state index contributed by atoms with van der Waals surface area (Å²) in [6.45, 7) is 1.16. The number of Topliss-reactive ketones (excluding diaryl/α,β-unsaturated/α-hetero) is 1. The van der Waals surface area contributed by atoms with Crippen LogP contribution in [-0.2, 0) is 30.8 Å². The first-order valence-corrected chi connectivity index (χ1v) is 14.3. The molecule has 214 valence electrons. The molecule has 0 unspecified atom stereocenters. The molecule has 2 amide bonds. The van der Waals surface area contributed by atoms with E-state index >= 15 is 0 Å². The fourth-order valence-corrected chi connectivity index (χ4v) is 6.05. The first-order valence-electron chi connectivity index (χ1n) is 12.9. The molecule has 0 bridgehead atoms. The first-order chi connectivity index (χ1) is 20.1. The number of carboxylic acids is 1. The number of aliphatic carboxylic acids is 1. The highest BCUT2D eigenvalue weighted by molar-refractivity contribution is 7.90. The van der Waals surface area contributed by atoms with E-state index in [9.17, 15) is 32.7 Å². The summed E-state index contributed by atoms with van der Waals surface area (Å²) in [6.07, 6.45) is 2.75. The average molecular weight is 587 g/mol. The molecule has 0 aliphatic rings. The van der Waals surface area contributed by atoms with Gasteiger partial charge < -0.3 is 20.7 Å². The minimum Gasteiger partial charge on any atom is -0.480 e. The van der Waals surface area contributed by atoms with Gasteiger partial charge in [-0.3, -0.25) is 14.4 Å². The fourth-order valence-electron chi connectivity index (χ4n) is 4.68. The number of carboxylic acid groups (broad SMARTS) is 1. The number of aromatic amines is 1. The van der Waals surface area contributed by atoms with Crippen molar-refractivity contribution in [3.05, 3.63) is 102 Å². The zero-order valence-corrected chi connectivity index (χ0v) is 23.1. The van der Waals surface area contributed by atoms with Crippen LogP contribution < -0.4 is 10.6 Å². The van der Waals surface area contributed by atoms with Gasteiger partial charge in [-0.15, -0.1) is 0 Å². The topological polar surface area (TPSA) is 167 Å². The molecule has 0 fully saturated rings. The van der Waals surface area contributed by atoms with Crippen molar-refractivity contribution in [3.8, 4) is 0 Å². The Hall–Kier alpha value is -5.23. The van der Waals surface area contributed by atoms with Crippen LogP contribution in [0.4, 0.5) is 0 Å². The van der Waals surface area contributed by atoms with Crippen LogP contribution in [0, 0.1) is 6.92 Å². The van der Waals surface area contributed by atoms with E-state index < -0.39 is 46.2 Å². The molecule has 42 heavy (non-hydrogen) atoms. The number of carbonyl (C=O) groups is 4. The molecule has 1 atom stereocenters. The lowest BCUT2D eigenvalue weighted by Crippen LogP contribution is -2.47. The van der Waals surface area contributed by atoms with Crippen LogP contribution in [0.25, 0.3) is 21.8 Å². The van der Waals surface area contributed by atoms with Gasteiger partial charge in [-0.05, 0) is 36.8 Å². The molecular weight excluding hydrogens is 560 g/mol. The molecule has 12 heteroatoms. The summed E-state index contributed by atoms with van der Waals surface area (Å²) >= 11 is 0. The molecule has 4 N–H and O–H groups in total. The summed E-state index contributed by atoms with van der Waals surface area (Å²) in [5.74, 6) is -4.28. The molecule has 2 heterocycles. The number of benzene rings is 3. The van der Waals surface area contributed by atoms with Crippen molar-refractivity contribution < 1.29 is 32.7 Å². The van der Waals surface area contributed by atoms with Gasteiger partial charge in [0.2, 0.25) is 5.91 Å².